The Morgan fingerprint density at radius 1 is 1.38 bits per heavy atom. The molecule has 2 N–H and O–H groups in total. The van der Waals surface area contributed by atoms with Gasteiger partial charge in [0.1, 0.15) is 0 Å². The van der Waals surface area contributed by atoms with Crippen molar-refractivity contribution in [2.24, 2.45) is 7.05 Å². The molecule has 1 aliphatic rings. The molecule has 2 heterocycles. The molecule has 0 bridgehead atoms. The van der Waals surface area contributed by atoms with E-state index in [1.807, 2.05) is 0 Å². The van der Waals surface area contributed by atoms with E-state index in [2.05, 4.69) is 15.7 Å². The second-order valence-corrected chi connectivity index (χ2v) is 5.76. The van der Waals surface area contributed by atoms with Crippen molar-refractivity contribution in [3.8, 4) is 0 Å². The van der Waals surface area contributed by atoms with Crippen LogP contribution in [0.15, 0.2) is 30.6 Å². The second-order valence-electron chi connectivity index (χ2n) is 5.76. The molecular formula is C16H19ClF2N4O. The summed E-state index contributed by atoms with van der Waals surface area (Å²) in [4.78, 5) is 12.3. The number of carbonyl (C=O) groups is 1. The van der Waals surface area contributed by atoms with Crippen LogP contribution < -0.4 is 10.6 Å². The average Bonchev–Trinajstić information content (AvgIpc) is 2.97. The number of carbonyl (C=O) groups excluding carboxylic acids is 1. The minimum atomic E-state index is -0.863. The molecule has 1 fully saturated rings. The maximum atomic E-state index is 13.5. The number of hydrogen-bond donors (Lipinski definition) is 2. The standard InChI is InChI=1S/C16H18F2N4O.ClH/c1-22-9-11(7-20-22)16(23)21-15-8-19-5-4-12(15)10-2-3-13(17)14(18)6-10;/h2-3,6-7,9,12,15,19H,4-5,8H2,1H3,(H,21,23);1H. The molecule has 0 saturated carbocycles. The number of halogens is 3. The first-order valence-electron chi connectivity index (χ1n) is 7.50. The summed E-state index contributed by atoms with van der Waals surface area (Å²) in [5.41, 5.74) is 1.17. The minimum absolute atomic E-state index is 0. The Labute approximate surface area is 144 Å². The second kappa shape index (κ2) is 7.72. The molecule has 24 heavy (non-hydrogen) atoms. The van der Waals surface area contributed by atoms with Crippen LogP contribution in [0.4, 0.5) is 8.78 Å². The largest absolute Gasteiger partial charge is 0.347 e. The van der Waals surface area contributed by atoms with E-state index in [1.54, 1.807) is 24.0 Å². The zero-order valence-electron chi connectivity index (χ0n) is 13.1. The zero-order chi connectivity index (χ0) is 16.4. The summed E-state index contributed by atoms with van der Waals surface area (Å²) >= 11 is 0. The van der Waals surface area contributed by atoms with Gasteiger partial charge >= 0.3 is 0 Å². The van der Waals surface area contributed by atoms with Gasteiger partial charge in [0.2, 0.25) is 0 Å². The fourth-order valence-electron chi connectivity index (χ4n) is 2.94. The third-order valence-corrected chi connectivity index (χ3v) is 4.14. The van der Waals surface area contributed by atoms with Gasteiger partial charge in [-0.2, -0.15) is 5.10 Å². The summed E-state index contributed by atoms with van der Waals surface area (Å²) in [5, 5.41) is 10.2. The first-order valence-corrected chi connectivity index (χ1v) is 7.50. The van der Waals surface area contributed by atoms with E-state index in [0.717, 1.165) is 19.0 Å². The predicted octanol–water partition coefficient (Wildman–Crippen LogP) is 2.00. The highest BCUT2D eigenvalue weighted by Crippen LogP contribution is 2.27. The smallest absolute Gasteiger partial charge is 0.254 e. The van der Waals surface area contributed by atoms with E-state index in [9.17, 15) is 13.6 Å². The number of nitrogens with zero attached hydrogens (tertiary/aromatic N) is 2. The third-order valence-electron chi connectivity index (χ3n) is 4.14. The summed E-state index contributed by atoms with van der Waals surface area (Å²) in [5.74, 6) is -2.01. The highest BCUT2D eigenvalue weighted by Gasteiger charge is 2.28. The predicted molar refractivity (Wildman–Crippen MR) is 88.3 cm³/mol. The lowest BCUT2D eigenvalue weighted by atomic mass is 9.86. The van der Waals surface area contributed by atoms with Gasteiger partial charge in [0.05, 0.1) is 11.8 Å². The molecule has 0 spiro atoms. The van der Waals surface area contributed by atoms with Crippen molar-refractivity contribution >= 4 is 18.3 Å². The fourth-order valence-corrected chi connectivity index (χ4v) is 2.94. The van der Waals surface area contributed by atoms with E-state index in [-0.39, 0.29) is 30.3 Å². The van der Waals surface area contributed by atoms with Gasteiger partial charge in [0, 0.05) is 31.7 Å². The van der Waals surface area contributed by atoms with Crippen molar-refractivity contribution in [3.63, 3.8) is 0 Å². The monoisotopic (exact) mass is 356 g/mol. The Morgan fingerprint density at radius 2 is 2.17 bits per heavy atom. The Kier molecular flexibility index (Phi) is 5.90. The van der Waals surface area contributed by atoms with Gasteiger partial charge in [0.15, 0.2) is 11.6 Å². The Bertz CT molecular complexity index is 722. The fraction of sp³-hybridized carbons (Fsp3) is 0.375. The maximum Gasteiger partial charge on any atom is 0.254 e. The Balaban J connectivity index is 0.00000208. The number of piperidine rings is 1. The molecule has 2 unspecified atom stereocenters. The molecule has 1 saturated heterocycles. The number of aryl methyl sites for hydroxylation is 1. The average molecular weight is 357 g/mol. The molecule has 1 aliphatic heterocycles. The molecule has 0 radical (unpaired) electrons. The third kappa shape index (κ3) is 3.91. The van der Waals surface area contributed by atoms with Gasteiger partial charge in [-0.15, -0.1) is 12.4 Å². The lowest BCUT2D eigenvalue weighted by Crippen LogP contribution is -2.50. The SMILES string of the molecule is Cl.Cn1cc(C(=O)NC2CNCCC2c2ccc(F)c(F)c2)cn1. The van der Waals surface area contributed by atoms with Gasteiger partial charge in [-0.1, -0.05) is 6.07 Å². The zero-order valence-corrected chi connectivity index (χ0v) is 13.9. The first-order chi connectivity index (χ1) is 11.0. The van der Waals surface area contributed by atoms with Crippen LogP contribution in [-0.4, -0.2) is 34.8 Å². The summed E-state index contributed by atoms with van der Waals surface area (Å²) in [6.07, 6.45) is 3.87. The molecule has 0 aliphatic carbocycles. The highest BCUT2D eigenvalue weighted by atomic mass is 35.5. The van der Waals surface area contributed by atoms with E-state index in [0.29, 0.717) is 17.7 Å². The molecule has 1 amide bonds. The van der Waals surface area contributed by atoms with Crippen LogP contribution in [0.25, 0.3) is 0 Å². The van der Waals surface area contributed by atoms with Gasteiger partial charge < -0.3 is 10.6 Å². The van der Waals surface area contributed by atoms with Crippen molar-refractivity contribution in [1.82, 2.24) is 20.4 Å². The van der Waals surface area contributed by atoms with Crippen LogP contribution in [0.1, 0.15) is 28.3 Å². The van der Waals surface area contributed by atoms with Crippen molar-refractivity contribution in [2.75, 3.05) is 13.1 Å². The van der Waals surface area contributed by atoms with Gasteiger partial charge in [0.25, 0.3) is 5.91 Å². The van der Waals surface area contributed by atoms with Crippen LogP contribution in [-0.2, 0) is 7.05 Å². The summed E-state index contributed by atoms with van der Waals surface area (Å²) < 4.78 is 28.2. The molecule has 2 aromatic rings. The summed E-state index contributed by atoms with van der Waals surface area (Å²) in [7, 11) is 1.74. The Morgan fingerprint density at radius 3 is 2.83 bits per heavy atom. The molecule has 3 rings (SSSR count). The Hall–Kier alpha value is -1.99. The lowest BCUT2D eigenvalue weighted by molar-refractivity contribution is 0.0924. The molecule has 5 nitrogen and oxygen atoms in total. The van der Waals surface area contributed by atoms with Gasteiger partial charge in [-0.3, -0.25) is 9.48 Å². The van der Waals surface area contributed by atoms with Crippen molar-refractivity contribution < 1.29 is 13.6 Å². The highest BCUT2D eigenvalue weighted by molar-refractivity contribution is 5.94. The van der Waals surface area contributed by atoms with Gasteiger partial charge in [-0.05, 0) is 30.7 Å². The van der Waals surface area contributed by atoms with E-state index in [4.69, 9.17) is 0 Å². The molecule has 1 aromatic heterocycles. The molecule has 2 atom stereocenters. The summed E-state index contributed by atoms with van der Waals surface area (Å²) in [6.45, 7) is 1.35. The van der Waals surface area contributed by atoms with Crippen LogP contribution in [0.5, 0.6) is 0 Å². The van der Waals surface area contributed by atoms with Crippen molar-refractivity contribution in [1.29, 1.82) is 0 Å². The maximum absolute atomic E-state index is 13.5. The minimum Gasteiger partial charge on any atom is -0.347 e. The van der Waals surface area contributed by atoms with Crippen LogP contribution in [0.2, 0.25) is 0 Å². The van der Waals surface area contributed by atoms with E-state index in [1.165, 1.54) is 12.3 Å². The quantitative estimate of drug-likeness (QED) is 0.884. The van der Waals surface area contributed by atoms with Gasteiger partial charge in [-0.25, -0.2) is 8.78 Å². The van der Waals surface area contributed by atoms with E-state index >= 15 is 0 Å². The number of aromatic nitrogens is 2. The topological polar surface area (TPSA) is 59.0 Å². The number of benzene rings is 1. The number of nitrogens with one attached hydrogen (secondary N) is 2. The normalized spacial score (nSPS) is 20.3. The van der Waals surface area contributed by atoms with Crippen LogP contribution in [0, 0.1) is 11.6 Å². The molecule has 130 valence electrons. The first kappa shape index (κ1) is 18.4. The lowest BCUT2D eigenvalue weighted by Gasteiger charge is -2.33. The molecule has 1 aromatic carbocycles. The molecular weight excluding hydrogens is 338 g/mol. The number of rotatable bonds is 3. The summed E-state index contributed by atoms with van der Waals surface area (Å²) in [6, 6.07) is 3.74. The molecule has 8 heteroatoms. The van der Waals surface area contributed by atoms with Crippen molar-refractivity contribution in [2.45, 2.75) is 18.4 Å². The number of amides is 1. The van der Waals surface area contributed by atoms with Crippen LogP contribution >= 0.6 is 12.4 Å². The van der Waals surface area contributed by atoms with Crippen LogP contribution in [0.3, 0.4) is 0 Å². The van der Waals surface area contributed by atoms with Crippen molar-refractivity contribution in [3.05, 3.63) is 53.4 Å². The van der Waals surface area contributed by atoms with E-state index < -0.39 is 11.6 Å². The number of hydrogen-bond acceptors (Lipinski definition) is 3.